The highest BCUT2D eigenvalue weighted by Crippen LogP contribution is 2.29. The van der Waals surface area contributed by atoms with E-state index in [2.05, 4.69) is 15.1 Å². The van der Waals surface area contributed by atoms with E-state index in [1.807, 2.05) is 0 Å². The lowest BCUT2D eigenvalue weighted by Crippen LogP contribution is -2.28. The van der Waals surface area contributed by atoms with Gasteiger partial charge in [-0.2, -0.15) is 5.10 Å². The predicted molar refractivity (Wildman–Crippen MR) is 99.9 cm³/mol. The van der Waals surface area contributed by atoms with Crippen LogP contribution in [0.3, 0.4) is 0 Å². The van der Waals surface area contributed by atoms with Gasteiger partial charge in [0.25, 0.3) is 0 Å². The molecule has 1 saturated carbocycles. The van der Waals surface area contributed by atoms with Crippen molar-refractivity contribution in [2.24, 2.45) is 11.7 Å². The molecule has 28 heavy (non-hydrogen) atoms. The molecule has 146 valence electrons. The maximum absolute atomic E-state index is 13.5. The van der Waals surface area contributed by atoms with Crippen molar-refractivity contribution in [2.75, 3.05) is 6.61 Å². The van der Waals surface area contributed by atoms with Crippen LogP contribution in [0.15, 0.2) is 43.1 Å². The van der Waals surface area contributed by atoms with Gasteiger partial charge in [0.15, 0.2) is 5.75 Å². The highest BCUT2D eigenvalue weighted by atomic mass is 19.1. The fraction of sp³-hybridized carbons (Fsp3) is 0.350. The Morgan fingerprint density at radius 1 is 1.07 bits per heavy atom. The number of hydrogen-bond acceptors (Lipinski definition) is 5. The van der Waals surface area contributed by atoms with Crippen molar-refractivity contribution in [3.8, 4) is 22.7 Å². The number of halogens is 2. The van der Waals surface area contributed by atoms with E-state index in [0.29, 0.717) is 41.3 Å². The van der Waals surface area contributed by atoms with Crippen LogP contribution in [0.25, 0.3) is 16.9 Å². The molecule has 4 rings (SSSR count). The largest absolute Gasteiger partial charge is 0.489 e. The van der Waals surface area contributed by atoms with Gasteiger partial charge in [-0.15, -0.1) is 0 Å². The fourth-order valence-electron chi connectivity index (χ4n) is 3.46. The molecule has 3 aromatic rings. The maximum atomic E-state index is 13.5. The number of aromatic nitrogens is 4. The van der Waals surface area contributed by atoms with Gasteiger partial charge in [0, 0.05) is 23.9 Å². The van der Waals surface area contributed by atoms with Crippen LogP contribution < -0.4 is 10.5 Å². The molecule has 1 fully saturated rings. The third kappa shape index (κ3) is 4.17. The van der Waals surface area contributed by atoms with Crippen molar-refractivity contribution in [2.45, 2.75) is 31.7 Å². The zero-order valence-corrected chi connectivity index (χ0v) is 15.3. The van der Waals surface area contributed by atoms with Crippen molar-refractivity contribution in [1.29, 1.82) is 0 Å². The molecule has 0 radical (unpaired) electrons. The second-order valence-corrected chi connectivity index (χ2v) is 7.13. The van der Waals surface area contributed by atoms with Crippen molar-refractivity contribution < 1.29 is 13.5 Å². The first-order valence-corrected chi connectivity index (χ1v) is 9.28. The molecule has 0 spiro atoms. The van der Waals surface area contributed by atoms with E-state index in [9.17, 15) is 8.78 Å². The highest BCUT2D eigenvalue weighted by Gasteiger charge is 2.20. The molecule has 0 atom stereocenters. The molecule has 1 aliphatic rings. The Hall–Kier alpha value is -2.87. The van der Waals surface area contributed by atoms with Crippen LogP contribution in [0.2, 0.25) is 0 Å². The molecular formula is C20H21F2N5O. The molecule has 6 nitrogen and oxygen atoms in total. The lowest BCUT2D eigenvalue weighted by molar-refractivity contribution is 0.200. The first-order chi connectivity index (χ1) is 13.6. The molecule has 8 heteroatoms. The zero-order chi connectivity index (χ0) is 19.5. The maximum Gasteiger partial charge on any atom is 0.163 e. The minimum Gasteiger partial charge on any atom is -0.489 e. The number of ether oxygens (including phenoxy) is 1. The molecule has 1 aromatic carbocycles. The number of hydrogen-bond donors (Lipinski definition) is 1. The Bertz CT molecular complexity index is 933. The van der Waals surface area contributed by atoms with Crippen molar-refractivity contribution in [1.82, 2.24) is 19.7 Å². The van der Waals surface area contributed by atoms with Crippen LogP contribution >= 0.6 is 0 Å². The van der Waals surface area contributed by atoms with E-state index in [1.54, 1.807) is 18.6 Å². The average Bonchev–Trinajstić information content (AvgIpc) is 3.17. The molecule has 0 aliphatic heterocycles. The summed E-state index contributed by atoms with van der Waals surface area (Å²) in [6, 6.07) is 3.55. The Balaban J connectivity index is 1.53. The van der Waals surface area contributed by atoms with Crippen LogP contribution in [0.1, 0.15) is 25.7 Å². The summed E-state index contributed by atoms with van der Waals surface area (Å²) in [5.41, 5.74) is 7.51. The molecule has 2 N–H and O–H groups in total. The molecule has 0 amide bonds. The third-order valence-corrected chi connectivity index (χ3v) is 5.01. The second-order valence-electron chi connectivity index (χ2n) is 7.13. The van der Waals surface area contributed by atoms with Gasteiger partial charge in [-0.1, -0.05) is 0 Å². The van der Waals surface area contributed by atoms with Crippen LogP contribution in [-0.2, 0) is 0 Å². The molecule has 0 unspecified atom stereocenters. The summed E-state index contributed by atoms with van der Waals surface area (Å²) in [7, 11) is 0. The molecule has 0 saturated heterocycles. The molecule has 0 bridgehead atoms. The standard InChI is InChI=1S/C20H21F2N5O/c21-15-5-16(22)7-18(6-15)27-10-14(8-26-27)20-19(9-24-12-25-20)28-11-13-1-3-17(23)4-2-13/h5-10,12-13,17H,1-4,11,23H2. The van der Waals surface area contributed by atoms with Crippen molar-refractivity contribution in [3.05, 3.63) is 54.8 Å². The summed E-state index contributed by atoms with van der Waals surface area (Å²) >= 11 is 0. The van der Waals surface area contributed by atoms with Gasteiger partial charge in [0.2, 0.25) is 0 Å². The third-order valence-electron chi connectivity index (χ3n) is 5.01. The van der Waals surface area contributed by atoms with E-state index >= 15 is 0 Å². The quantitative estimate of drug-likeness (QED) is 0.727. The zero-order valence-electron chi connectivity index (χ0n) is 15.3. The van der Waals surface area contributed by atoms with Gasteiger partial charge in [-0.3, -0.25) is 0 Å². The fourth-order valence-corrected chi connectivity index (χ4v) is 3.46. The highest BCUT2D eigenvalue weighted by molar-refractivity contribution is 5.64. The Labute approximate surface area is 161 Å². The second kappa shape index (κ2) is 8.02. The topological polar surface area (TPSA) is 78.8 Å². The van der Waals surface area contributed by atoms with E-state index in [4.69, 9.17) is 10.5 Å². The Kier molecular flexibility index (Phi) is 5.29. The van der Waals surface area contributed by atoms with Gasteiger partial charge < -0.3 is 10.5 Å². The molecule has 1 aliphatic carbocycles. The van der Waals surface area contributed by atoms with E-state index in [0.717, 1.165) is 31.7 Å². The summed E-state index contributed by atoms with van der Waals surface area (Å²) in [4.78, 5) is 8.36. The van der Waals surface area contributed by atoms with Crippen LogP contribution in [0.5, 0.6) is 5.75 Å². The predicted octanol–water partition coefficient (Wildman–Crippen LogP) is 3.50. The molecular weight excluding hydrogens is 364 g/mol. The molecule has 2 heterocycles. The molecule has 2 aromatic heterocycles. The number of benzene rings is 1. The minimum absolute atomic E-state index is 0.291. The Morgan fingerprint density at radius 3 is 2.57 bits per heavy atom. The van der Waals surface area contributed by atoms with E-state index in [1.165, 1.54) is 23.1 Å². The smallest absolute Gasteiger partial charge is 0.163 e. The van der Waals surface area contributed by atoms with Gasteiger partial charge in [-0.05, 0) is 43.7 Å². The normalized spacial score (nSPS) is 19.5. The van der Waals surface area contributed by atoms with E-state index < -0.39 is 11.6 Å². The number of rotatable bonds is 5. The van der Waals surface area contributed by atoms with E-state index in [-0.39, 0.29) is 0 Å². The summed E-state index contributed by atoms with van der Waals surface area (Å²) in [6.45, 7) is 0.580. The average molecular weight is 385 g/mol. The van der Waals surface area contributed by atoms with Crippen molar-refractivity contribution in [3.63, 3.8) is 0 Å². The number of nitrogens with zero attached hydrogens (tertiary/aromatic N) is 4. The number of nitrogens with two attached hydrogens (primary N) is 1. The monoisotopic (exact) mass is 385 g/mol. The van der Waals surface area contributed by atoms with Gasteiger partial charge in [-0.25, -0.2) is 23.4 Å². The SMILES string of the molecule is NC1CCC(COc2cncnc2-c2cnn(-c3cc(F)cc(F)c3)c2)CC1. The summed E-state index contributed by atoms with van der Waals surface area (Å²) in [5, 5.41) is 4.20. The summed E-state index contributed by atoms with van der Waals surface area (Å²) in [5.74, 6) is -0.302. The van der Waals surface area contributed by atoms with Gasteiger partial charge >= 0.3 is 0 Å². The van der Waals surface area contributed by atoms with Crippen LogP contribution in [-0.4, -0.2) is 32.4 Å². The minimum atomic E-state index is -0.662. The van der Waals surface area contributed by atoms with Crippen LogP contribution in [0.4, 0.5) is 8.78 Å². The van der Waals surface area contributed by atoms with Crippen LogP contribution in [0, 0.1) is 17.6 Å². The Morgan fingerprint density at radius 2 is 1.82 bits per heavy atom. The summed E-state index contributed by atoms with van der Waals surface area (Å²) in [6.07, 6.45) is 10.4. The van der Waals surface area contributed by atoms with Gasteiger partial charge in [0.05, 0.1) is 24.7 Å². The van der Waals surface area contributed by atoms with Crippen molar-refractivity contribution >= 4 is 0 Å². The lowest BCUT2D eigenvalue weighted by Gasteiger charge is -2.26. The first-order valence-electron chi connectivity index (χ1n) is 9.28. The summed E-state index contributed by atoms with van der Waals surface area (Å²) < 4.78 is 34.4. The lowest BCUT2D eigenvalue weighted by atomic mass is 9.87. The van der Waals surface area contributed by atoms with Gasteiger partial charge in [0.1, 0.15) is 23.7 Å². The first kappa shape index (κ1) is 18.5.